The van der Waals surface area contributed by atoms with Gasteiger partial charge in [-0.05, 0) is 88.5 Å². The summed E-state index contributed by atoms with van der Waals surface area (Å²) in [6.07, 6.45) is 12.4. The van der Waals surface area contributed by atoms with Gasteiger partial charge in [0.25, 0.3) is 0 Å². The first-order valence-electron chi connectivity index (χ1n) is 12.0. The van der Waals surface area contributed by atoms with E-state index in [1.807, 2.05) is 18.5 Å². The smallest absolute Gasteiger partial charge is 0.220 e. The lowest BCUT2D eigenvalue weighted by Gasteiger charge is -2.32. The molecule has 2 aromatic heterocycles. The molecule has 2 aliphatic rings. The SMILES string of the molecule is CCN1CCC[C@@H]1CNC(=O)CCC1CCN(Cc2cccn2-c2cccnc2)CC1. The first-order chi connectivity index (χ1) is 15.2. The highest BCUT2D eigenvalue weighted by Gasteiger charge is 2.24. The quantitative estimate of drug-likeness (QED) is 0.671. The van der Waals surface area contributed by atoms with E-state index in [1.165, 1.54) is 37.9 Å². The van der Waals surface area contributed by atoms with Crippen LogP contribution in [0, 0.1) is 5.92 Å². The lowest BCUT2D eigenvalue weighted by Crippen LogP contribution is -2.40. The maximum atomic E-state index is 12.3. The monoisotopic (exact) mass is 423 g/mol. The molecule has 2 fully saturated rings. The third-order valence-corrected chi connectivity index (χ3v) is 7.07. The van der Waals surface area contributed by atoms with Gasteiger partial charge >= 0.3 is 0 Å². The van der Waals surface area contributed by atoms with Crippen molar-refractivity contribution in [3.05, 3.63) is 48.5 Å². The number of carbonyl (C=O) groups is 1. The number of piperidine rings is 1. The fourth-order valence-corrected chi connectivity index (χ4v) is 5.15. The molecule has 2 aliphatic heterocycles. The Hall–Kier alpha value is -2.18. The van der Waals surface area contributed by atoms with Crippen LogP contribution in [0.2, 0.25) is 0 Å². The van der Waals surface area contributed by atoms with E-state index in [9.17, 15) is 4.79 Å². The van der Waals surface area contributed by atoms with E-state index in [-0.39, 0.29) is 5.91 Å². The Bertz CT molecular complexity index is 812. The number of nitrogens with one attached hydrogen (secondary N) is 1. The van der Waals surface area contributed by atoms with Crippen LogP contribution in [-0.4, -0.2) is 64.0 Å². The molecule has 2 aromatic rings. The molecule has 0 aromatic carbocycles. The fourth-order valence-electron chi connectivity index (χ4n) is 5.15. The second-order valence-corrected chi connectivity index (χ2v) is 9.07. The van der Waals surface area contributed by atoms with Gasteiger partial charge in [-0.15, -0.1) is 0 Å². The molecule has 1 N–H and O–H groups in total. The number of hydrogen-bond donors (Lipinski definition) is 1. The number of hydrogen-bond acceptors (Lipinski definition) is 4. The van der Waals surface area contributed by atoms with Gasteiger partial charge in [-0.1, -0.05) is 6.92 Å². The Balaban J connectivity index is 1.16. The number of amides is 1. The van der Waals surface area contributed by atoms with Crippen molar-refractivity contribution in [2.75, 3.05) is 32.7 Å². The van der Waals surface area contributed by atoms with Crippen LogP contribution in [0.15, 0.2) is 42.9 Å². The number of carbonyl (C=O) groups excluding carboxylic acids is 1. The summed E-state index contributed by atoms with van der Waals surface area (Å²) in [4.78, 5) is 21.6. The highest BCUT2D eigenvalue weighted by molar-refractivity contribution is 5.75. The average molecular weight is 424 g/mol. The summed E-state index contributed by atoms with van der Waals surface area (Å²) in [6.45, 7) is 8.49. The second kappa shape index (κ2) is 10.9. The molecule has 0 unspecified atom stereocenters. The average Bonchev–Trinajstić information content (AvgIpc) is 3.47. The van der Waals surface area contributed by atoms with Crippen LogP contribution in [-0.2, 0) is 11.3 Å². The molecule has 1 atom stereocenters. The first kappa shape index (κ1) is 22.0. The van der Waals surface area contributed by atoms with Crippen LogP contribution in [0.5, 0.6) is 0 Å². The van der Waals surface area contributed by atoms with Gasteiger partial charge in [0.15, 0.2) is 0 Å². The van der Waals surface area contributed by atoms with E-state index < -0.39 is 0 Å². The summed E-state index contributed by atoms with van der Waals surface area (Å²) >= 11 is 0. The van der Waals surface area contributed by atoms with Crippen molar-refractivity contribution >= 4 is 5.91 Å². The van der Waals surface area contributed by atoms with Crippen molar-refractivity contribution in [2.45, 2.75) is 58.0 Å². The molecule has 0 saturated carbocycles. The molecular weight excluding hydrogens is 386 g/mol. The molecule has 4 heterocycles. The molecular formula is C25H37N5O. The maximum absolute atomic E-state index is 12.3. The summed E-state index contributed by atoms with van der Waals surface area (Å²) in [5.74, 6) is 0.908. The number of nitrogens with zero attached hydrogens (tertiary/aromatic N) is 4. The highest BCUT2D eigenvalue weighted by atomic mass is 16.1. The molecule has 4 rings (SSSR count). The van der Waals surface area contributed by atoms with Gasteiger partial charge in [-0.2, -0.15) is 0 Å². The Morgan fingerprint density at radius 3 is 2.81 bits per heavy atom. The van der Waals surface area contributed by atoms with Gasteiger partial charge in [-0.3, -0.25) is 19.6 Å². The normalized spacial score (nSPS) is 20.9. The highest BCUT2D eigenvalue weighted by Crippen LogP contribution is 2.24. The van der Waals surface area contributed by atoms with E-state index in [2.05, 4.69) is 56.0 Å². The predicted molar refractivity (Wildman–Crippen MR) is 124 cm³/mol. The van der Waals surface area contributed by atoms with Crippen molar-refractivity contribution in [2.24, 2.45) is 5.92 Å². The first-order valence-corrected chi connectivity index (χ1v) is 12.0. The zero-order valence-corrected chi connectivity index (χ0v) is 18.9. The molecule has 0 spiro atoms. The zero-order valence-electron chi connectivity index (χ0n) is 18.9. The minimum absolute atomic E-state index is 0.236. The standard InChI is InChI=1S/C25H37N5O/c1-2-29-14-4-7-22(29)19-27-25(31)10-9-21-11-16-28(17-12-21)20-24-8-5-15-30(24)23-6-3-13-26-18-23/h3,5-6,8,13,15,18,21-22H,2,4,7,9-12,14,16-17,19-20H2,1H3,(H,27,31)/t22-/m1/s1. The zero-order chi connectivity index (χ0) is 21.5. The molecule has 168 valence electrons. The van der Waals surface area contributed by atoms with Gasteiger partial charge < -0.3 is 9.88 Å². The number of aromatic nitrogens is 2. The number of likely N-dealkylation sites (tertiary alicyclic amines) is 2. The van der Waals surface area contributed by atoms with E-state index in [0.717, 1.165) is 44.8 Å². The van der Waals surface area contributed by atoms with Crippen LogP contribution >= 0.6 is 0 Å². The van der Waals surface area contributed by atoms with Gasteiger partial charge in [0.05, 0.1) is 11.9 Å². The van der Waals surface area contributed by atoms with Crippen LogP contribution in [0.1, 0.15) is 51.1 Å². The third-order valence-electron chi connectivity index (χ3n) is 7.07. The molecule has 6 heteroatoms. The Morgan fingerprint density at radius 2 is 2.03 bits per heavy atom. The van der Waals surface area contributed by atoms with Crippen molar-refractivity contribution in [1.82, 2.24) is 24.7 Å². The number of rotatable bonds is 9. The van der Waals surface area contributed by atoms with Crippen LogP contribution in [0.4, 0.5) is 0 Å². The van der Waals surface area contributed by atoms with Gasteiger partial charge in [0.1, 0.15) is 0 Å². The molecule has 1 amide bonds. The number of likely N-dealkylation sites (N-methyl/N-ethyl adjacent to an activating group) is 1. The molecule has 0 radical (unpaired) electrons. The summed E-state index contributed by atoms with van der Waals surface area (Å²) < 4.78 is 2.23. The molecule has 6 nitrogen and oxygen atoms in total. The van der Waals surface area contributed by atoms with Crippen LogP contribution in [0.3, 0.4) is 0 Å². The van der Waals surface area contributed by atoms with Gasteiger partial charge in [0, 0.05) is 43.6 Å². The summed E-state index contributed by atoms with van der Waals surface area (Å²) in [6, 6.07) is 8.93. The van der Waals surface area contributed by atoms with Crippen molar-refractivity contribution in [3.8, 4) is 5.69 Å². The molecule has 2 saturated heterocycles. The van der Waals surface area contributed by atoms with E-state index >= 15 is 0 Å². The Kier molecular flexibility index (Phi) is 7.76. The predicted octanol–water partition coefficient (Wildman–Crippen LogP) is 3.47. The molecule has 0 bridgehead atoms. The van der Waals surface area contributed by atoms with E-state index in [4.69, 9.17) is 0 Å². The largest absolute Gasteiger partial charge is 0.355 e. The van der Waals surface area contributed by atoms with Crippen LogP contribution < -0.4 is 5.32 Å². The van der Waals surface area contributed by atoms with Crippen molar-refractivity contribution < 1.29 is 4.79 Å². The summed E-state index contributed by atoms with van der Waals surface area (Å²) in [5, 5.41) is 3.19. The van der Waals surface area contributed by atoms with Crippen molar-refractivity contribution in [1.29, 1.82) is 0 Å². The summed E-state index contributed by atoms with van der Waals surface area (Å²) in [5.41, 5.74) is 2.42. The van der Waals surface area contributed by atoms with E-state index in [0.29, 0.717) is 18.4 Å². The van der Waals surface area contributed by atoms with Crippen molar-refractivity contribution in [3.63, 3.8) is 0 Å². The number of pyridine rings is 1. The summed E-state index contributed by atoms with van der Waals surface area (Å²) in [7, 11) is 0. The minimum Gasteiger partial charge on any atom is -0.355 e. The topological polar surface area (TPSA) is 53.4 Å². The third kappa shape index (κ3) is 5.95. The molecule has 31 heavy (non-hydrogen) atoms. The van der Waals surface area contributed by atoms with Crippen LogP contribution in [0.25, 0.3) is 5.69 Å². The lowest BCUT2D eigenvalue weighted by atomic mass is 9.92. The van der Waals surface area contributed by atoms with E-state index in [1.54, 1.807) is 0 Å². The fraction of sp³-hybridized carbons (Fsp3) is 0.600. The van der Waals surface area contributed by atoms with Gasteiger partial charge in [-0.25, -0.2) is 0 Å². The lowest BCUT2D eigenvalue weighted by molar-refractivity contribution is -0.121. The maximum Gasteiger partial charge on any atom is 0.220 e. The van der Waals surface area contributed by atoms with Gasteiger partial charge in [0.2, 0.25) is 5.91 Å². The Labute approximate surface area is 186 Å². The molecule has 0 aliphatic carbocycles. The second-order valence-electron chi connectivity index (χ2n) is 9.07. The minimum atomic E-state index is 0.236. The Morgan fingerprint density at radius 1 is 1.16 bits per heavy atom.